The highest BCUT2D eigenvalue weighted by atomic mass is 35.5. The third-order valence-corrected chi connectivity index (χ3v) is 7.33. The number of piperazine rings is 1. The highest BCUT2D eigenvalue weighted by Gasteiger charge is 2.46. The number of aromatic nitrogens is 1. The summed E-state index contributed by atoms with van der Waals surface area (Å²) in [6, 6.07) is 15.7. The monoisotopic (exact) mass is 616 g/mol. The van der Waals surface area contributed by atoms with Gasteiger partial charge in [-0.2, -0.15) is 0 Å². The molecule has 12 heteroatoms. The van der Waals surface area contributed by atoms with Gasteiger partial charge in [0.2, 0.25) is 11.8 Å². The van der Waals surface area contributed by atoms with Crippen LogP contribution in [0.3, 0.4) is 0 Å². The van der Waals surface area contributed by atoms with E-state index in [-0.39, 0.29) is 29.6 Å². The molecule has 5 rings (SSSR count). The zero-order valence-electron chi connectivity index (χ0n) is 24.6. The Morgan fingerprint density at radius 3 is 2.48 bits per heavy atom. The molecule has 3 aromatic rings. The van der Waals surface area contributed by atoms with Crippen molar-refractivity contribution in [1.29, 1.82) is 0 Å². The molecular weight excluding hydrogens is 584 g/mol. The number of Topliss-reactive ketones (excluding diaryl/α,β-unsaturated/α-hetero) is 1. The van der Waals surface area contributed by atoms with E-state index >= 15 is 0 Å². The van der Waals surface area contributed by atoms with Gasteiger partial charge >= 0.3 is 6.03 Å². The molecule has 228 valence electrons. The molecule has 1 aromatic heterocycles. The van der Waals surface area contributed by atoms with Crippen LogP contribution in [0.2, 0.25) is 5.02 Å². The van der Waals surface area contributed by atoms with Crippen molar-refractivity contribution in [1.82, 2.24) is 20.1 Å². The Bertz CT molecular complexity index is 1620. The maximum absolute atomic E-state index is 14.4. The number of carbonyl (C=O) groups excluding carboxylic acids is 4. The number of rotatable bonds is 7. The predicted molar refractivity (Wildman–Crippen MR) is 164 cm³/mol. The van der Waals surface area contributed by atoms with Gasteiger partial charge in [0.05, 0.1) is 17.7 Å². The number of carbonyl (C=O) groups is 4. The number of amides is 4. The molecule has 1 fully saturated rings. The number of pyridine rings is 1. The normalized spacial score (nSPS) is 18.5. The number of ether oxygens (including phenoxy) is 1. The van der Waals surface area contributed by atoms with Crippen LogP contribution >= 0.6 is 11.6 Å². The molecular formula is C32H33ClN6O5. The van der Waals surface area contributed by atoms with Crippen molar-refractivity contribution >= 4 is 41.1 Å². The summed E-state index contributed by atoms with van der Waals surface area (Å²) in [6.07, 6.45) is 1.19. The molecule has 2 atom stereocenters. The van der Waals surface area contributed by atoms with Gasteiger partial charge in [-0.25, -0.2) is 4.79 Å². The second-order valence-electron chi connectivity index (χ2n) is 11.6. The largest absolute Gasteiger partial charge is 0.487 e. The van der Waals surface area contributed by atoms with Gasteiger partial charge in [-0.1, -0.05) is 35.9 Å². The van der Waals surface area contributed by atoms with Crippen molar-refractivity contribution in [3.8, 4) is 5.75 Å². The molecule has 0 radical (unpaired) electrons. The fourth-order valence-corrected chi connectivity index (χ4v) is 5.34. The second kappa shape index (κ2) is 12.5. The maximum atomic E-state index is 14.4. The van der Waals surface area contributed by atoms with Crippen LogP contribution in [0.4, 0.5) is 4.79 Å². The molecule has 2 aromatic carbocycles. The molecule has 11 nitrogen and oxygen atoms in total. The van der Waals surface area contributed by atoms with Gasteiger partial charge in [-0.3, -0.25) is 29.3 Å². The fraction of sp³-hybridized carbons (Fsp3) is 0.312. The van der Waals surface area contributed by atoms with Crippen LogP contribution < -0.4 is 15.8 Å². The quantitative estimate of drug-likeness (QED) is 0.302. The van der Waals surface area contributed by atoms with Crippen molar-refractivity contribution in [2.24, 2.45) is 10.7 Å². The Kier molecular flexibility index (Phi) is 8.68. The molecule has 0 saturated carbocycles. The van der Waals surface area contributed by atoms with E-state index in [2.05, 4.69) is 10.3 Å². The first kappa shape index (κ1) is 30.7. The number of ketones is 1. The van der Waals surface area contributed by atoms with Crippen LogP contribution in [0.1, 0.15) is 66.5 Å². The Balaban J connectivity index is 1.71. The minimum atomic E-state index is -0.746. The molecule has 4 amide bonds. The molecule has 3 heterocycles. The van der Waals surface area contributed by atoms with Crippen molar-refractivity contribution < 1.29 is 23.9 Å². The summed E-state index contributed by atoms with van der Waals surface area (Å²) in [4.78, 5) is 63.8. The zero-order valence-corrected chi connectivity index (χ0v) is 25.4. The highest BCUT2D eigenvalue weighted by molar-refractivity contribution is 6.30. The van der Waals surface area contributed by atoms with Gasteiger partial charge in [0.1, 0.15) is 35.8 Å². The van der Waals surface area contributed by atoms with E-state index in [0.29, 0.717) is 29.4 Å². The first-order valence-corrected chi connectivity index (χ1v) is 14.5. The Labute approximate surface area is 260 Å². The smallest absolute Gasteiger partial charge is 0.326 e. The number of benzene rings is 2. The summed E-state index contributed by atoms with van der Waals surface area (Å²) >= 11 is 6.21. The summed E-state index contributed by atoms with van der Waals surface area (Å²) in [7, 11) is 0. The summed E-state index contributed by atoms with van der Waals surface area (Å²) in [5.41, 5.74) is 6.64. The number of nitrogens with two attached hydrogens (primary N) is 1. The van der Waals surface area contributed by atoms with Crippen LogP contribution in [0.15, 0.2) is 71.9 Å². The lowest BCUT2D eigenvalue weighted by Crippen LogP contribution is -2.55. The Morgan fingerprint density at radius 1 is 1.09 bits per heavy atom. The average molecular weight is 617 g/mol. The van der Waals surface area contributed by atoms with Crippen molar-refractivity contribution in [2.75, 3.05) is 19.6 Å². The minimum absolute atomic E-state index is 0.116. The number of primary amides is 1. The number of nitrogens with one attached hydrogen (secondary N) is 1. The van der Waals surface area contributed by atoms with Crippen LogP contribution in [-0.2, 0) is 9.59 Å². The number of hydrogen-bond donors (Lipinski definition) is 2. The zero-order chi connectivity index (χ0) is 31.6. The average Bonchev–Trinajstić information content (AvgIpc) is 3.36. The first-order chi connectivity index (χ1) is 20.9. The van der Waals surface area contributed by atoms with Gasteiger partial charge < -0.3 is 20.7 Å². The highest BCUT2D eigenvalue weighted by Crippen LogP contribution is 2.45. The summed E-state index contributed by atoms with van der Waals surface area (Å²) in [5.74, 6) is -0.903. The number of urea groups is 1. The first-order valence-electron chi connectivity index (χ1n) is 14.2. The van der Waals surface area contributed by atoms with Gasteiger partial charge in [-0.15, -0.1) is 0 Å². The number of hydrogen-bond acceptors (Lipinski definition) is 7. The third-order valence-electron chi connectivity index (χ3n) is 7.08. The molecule has 0 bridgehead atoms. The number of amidine groups is 1. The van der Waals surface area contributed by atoms with Gasteiger partial charge in [-0.05, 0) is 62.7 Å². The number of halogens is 1. The summed E-state index contributed by atoms with van der Waals surface area (Å²) in [6.45, 7) is 6.07. The van der Waals surface area contributed by atoms with E-state index in [1.165, 1.54) is 11.0 Å². The van der Waals surface area contributed by atoms with Crippen LogP contribution in [0.5, 0.6) is 5.75 Å². The van der Waals surface area contributed by atoms with Gasteiger partial charge in [0.25, 0.3) is 0 Å². The Morgan fingerprint density at radius 2 is 1.84 bits per heavy atom. The number of nitrogens with zero attached hydrogens (tertiary/aromatic N) is 4. The SMILES string of the molecule is CC(C)(C)Oc1cc(C(=O)CC(N)=O)ccc1C1=N[C@@H](c2ccc(Cl)cc2)[C@@H](c2ccccn2)N1C(=O)N1CCNC(=O)C1. The van der Waals surface area contributed by atoms with Gasteiger partial charge in [0, 0.05) is 29.9 Å². The molecule has 44 heavy (non-hydrogen) atoms. The summed E-state index contributed by atoms with van der Waals surface area (Å²) < 4.78 is 6.33. The lowest BCUT2D eigenvalue weighted by molar-refractivity contribution is -0.123. The van der Waals surface area contributed by atoms with E-state index in [9.17, 15) is 19.2 Å². The minimum Gasteiger partial charge on any atom is -0.487 e. The van der Waals surface area contributed by atoms with E-state index in [1.807, 2.05) is 45.0 Å². The predicted octanol–water partition coefficient (Wildman–Crippen LogP) is 4.07. The maximum Gasteiger partial charge on any atom is 0.326 e. The third kappa shape index (κ3) is 6.73. The second-order valence-corrected chi connectivity index (χ2v) is 12.0. The Hall–Kier alpha value is -4.77. The van der Waals surface area contributed by atoms with Crippen molar-refractivity contribution in [2.45, 2.75) is 44.9 Å². The van der Waals surface area contributed by atoms with Crippen LogP contribution in [0.25, 0.3) is 0 Å². The van der Waals surface area contributed by atoms with Crippen molar-refractivity contribution in [3.05, 3.63) is 94.3 Å². The molecule has 2 aliphatic rings. The van der Waals surface area contributed by atoms with Crippen LogP contribution in [-0.4, -0.2) is 69.5 Å². The van der Waals surface area contributed by atoms with E-state index in [0.717, 1.165) is 5.56 Å². The lowest BCUT2D eigenvalue weighted by atomic mass is 9.97. The van der Waals surface area contributed by atoms with E-state index < -0.39 is 41.8 Å². The molecule has 0 spiro atoms. The molecule has 3 N–H and O–H groups in total. The molecule has 2 aliphatic heterocycles. The van der Waals surface area contributed by atoms with E-state index in [1.54, 1.807) is 41.4 Å². The lowest BCUT2D eigenvalue weighted by Gasteiger charge is -2.35. The fourth-order valence-electron chi connectivity index (χ4n) is 5.22. The summed E-state index contributed by atoms with van der Waals surface area (Å²) in [5, 5.41) is 3.31. The van der Waals surface area contributed by atoms with Gasteiger partial charge in [0.15, 0.2) is 5.78 Å². The number of aliphatic imine (C=N–C) groups is 1. The van der Waals surface area contributed by atoms with E-state index in [4.69, 9.17) is 27.1 Å². The molecule has 0 aliphatic carbocycles. The molecule has 0 unspecified atom stereocenters. The van der Waals surface area contributed by atoms with Crippen molar-refractivity contribution in [3.63, 3.8) is 0 Å². The standard InChI is InChI=1S/C32H33ClN6O5/c1-32(2,3)44-25-16-20(24(40)17-26(34)41)9-12-22(25)30-37-28(19-7-10-21(33)11-8-19)29(23-6-4-5-13-35-23)39(30)31(43)38-15-14-36-27(42)18-38/h4-13,16,28-29H,14-15,17-18H2,1-3H3,(H2,34,41)(H,36,42)/t28-,29+/m0/s1. The van der Waals surface area contributed by atoms with Crippen LogP contribution in [0, 0.1) is 0 Å². The molecule has 1 saturated heterocycles. The topological polar surface area (TPSA) is 147 Å².